The fraction of sp³-hybridized carbons (Fsp3) is 0.826. The Morgan fingerprint density at radius 2 is 1.34 bits per heavy atom. The highest BCUT2D eigenvalue weighted by molar-refractivity contribution is 5.81. The molecule has 2 saturated carbocycles. The van der Waals surface area contributed by atoms with Crippen molar-refractivity contribution < 1.29 is 28.5 Å². The maximum absolute atomic E-state index is 11.0. The van der Waals surface area contributed by atoms with Crippen LogP contribution in [0.1, 0.15) is 65.2 Å². The first-order valence-electron chi connectivity index (χ1n) is 11.0. The fourth-order valence-electron chi connectivity index (χ4n) is 5.01. The molecule has 0 radical (unpaired) electrons. The van der Waals surface area contributed by atoms with Gasteiger partial charge in [0.25, 0.3) is 6.47 Å². The Morgan fingerprint density at radius 3 is 1.79 bits per heavy atom. The highest BCUT2D eigenvalue weighted by Crippen LogP contribution is 2.48. The summed E-state index contributed by atoms with van der Waals surface area (Å²) in [6.07, 6.45) is 10.9. The minimum atomic E-state index is -0.395. The summed E-state index contributed by atoms with van der Waals surface area (Å²) in [5, 5.41) is 0. The van der Waals surface area contributed by atoms with Crippen LogP contribution in [0.4, 0.5) is 0 Å². The van der Waals surface area contributed by atoms with Gasteiger partial charge in [0.1, 0.15) is 13.2 Å². The van der Waals surface area contributed by atoms with E-state index < -0.39 is 5.97 Å². The van der Waals surface area contributed by atoms with Gasteiger partial charge in [-0.15, -0.1) is 0 Å². The Balaban J connectivity index is 1.65. The van der Waals surface area contributed by atoms with Crippen LogP contribution < -0.4 is 0 Å². The van der Waals surface area contributed by atoms with Crippen LogP contribution in [0.5, 0.6) is 0 Å². The number of carbonyl (C=O) groups is 2. The quantitative estimate of drug-likeness (QED) is 0.209. The fourth-order valence-corrected chi connectivity index (χ4v) is 5.01. The molecule has 0 aromatic rings. The van der Waals surface area contributed by atoms with Crippen molar-refractivity contribution >= 4 is 12.4 Å². The molecule has 0 aromatic carbocycles. The molecule has 2 aliphatic carbocycles. The number of carbonyl (C=O) groups excluding carboxylic acids is 2. The maximum atomic E-state index is 11.0. The molecule has 2 rings (SSSR count). The normalized spacial score (nSPS) is 27.8. The average Bonchev–Trinajstić information content (AvgIpc) is 2.75. The summed E-state index contributed by atoms with van der Waals surface area (Å²) < 4.78 is 21.4. The van der Waals surface area contributed by atoms with Gasteiger partial charge >= 0.3 is 5.97 Å². The van der Waals surface area contributed by atoms with E-state index in [0.717, 1.165) is 37.5 Å². The van der Waals surface area contributed by atoms with Crippen LogP contribution in [-0.2, 0) is 28.5 Å². The molecule has 166 valence electrons. The SMILES string of the molecule is C=CC(=O)OCCOC1CCC(C(C)(C)C2CCC(OCCOC=O)CC2)CC1. The van der Waals surface area contributed by atoms with E-state index in [4.69, 9.17) is 18.9 Å². The third-order valence-corrected chi connectivity index (χ3v) is 6.92. The van der Waals surface area contributed by atoms with Gasteiger partial charge in [-0.1, -0.05) is 20.4 Å². The second kappa shape index (κ2) is 12.3. The molecule has 0 amide bonds. The van der Waals surface area contributed by atoms with Crippen LogP contribution in [-0.4, -0.2) is 51.1 Å². The van der Waals surface area contributed by atoms with Gasteiger partial charge in [-0.25, -0.2) is 4.79 Å². The van der Waals surface area contributed by atoms with E-state index in [2.05, 4.69) is 20.4 Å². The van der Waals surface area contributed by atoms with Gasteiger partial charge in [0, 0.05) is 6.08 Å². The summed E-state index contributed by atoms with van der Waals surface area (Å²) in [5.74, 6) is 1.06. The molecular formula is C23H38O6. The predicted molar refractivity (Wildman–Crippen MR) is 110 cm³/mol. The van der Waals surface area contributed by atoms with Crippen LogP contribution in [0.2, 0.25) is 0 Å². The minimum absolute atomic E-state index is 0.280. The van der Waals surface area contributed by atoms with Gasteiger partial charge < -0.3 is 18.9 Å². The van der Waals surface area contributed by atoms with Gasteiger partial charge in [-0.2, -0.15) is 0 Å². The summed E-state index contributed by atoms with van der Waals surface area (Å²) in [4.78, 5) is 21.2. The molecule has 0 saturated heterocycles. The summed E-state index contributed by atoms with van der Waals surface area (Å²) in [6.45, 7) is 10.3. The molecule has 0 aliphatic heterocycles. The molecule has 0 spiro atoms. The summed E-state index contributed by atoms with van der Waals surface area (Å²) >= 11 is 0. The summed E-state index contributed by atoms with van der Waals surface area (Å²) in [7, 11) is 0. The lowest BCUT2D eigenvalue weighted by molar-refractivity contribution is -0.140. The van der Waals surface area contributed by atoms with Crippen molar-refractivity contribution in [3.05, 3.63) is 12.7 Å². The van der Waals surface area contributed by atoms with Crippen LogP contribution in [0.25, 0.3) is 0 Å². The Kier molecular flexibility index (Phi) is 10.2. The monoisotopic (exact) mass is 410 g/mol. The average molecular weight is 411 g/mol. The summed E-state index contributed by atoms with van der Waals surface area (Å²) in [6, 6.07) is 0. The number of rotatable bonds is 12. The van der Waals surface area contributed by atoms with Crippen LogP contribution in [0.3, 0.4) is 0 Å². The van der Waals surface area contributed by atoms with Gasteiger partial charge in [0.2, 0.25) is 0 Å². The van der Waals surface area contributed by atoms with Crippen molar-refractivity contribution in [1.82, 2.24) is 0 Å². The zero-order valence-corrected chi connectivity index (χ0v) is 18.1. The van der Waals surface area contributed by atoms with E-state index in [0.29, 0.717) is 44.4 Å². The van der Waals surface area contributed by atoms with Crippen molar-refractivity contribution in [3.63, 3.8) is 0 Å². The molecule has 6 heteroatoms. The van der Waals surface area contributed by atoms with Gasteiger partial charge in [-0.05, 0) is 68.6 Å². The van der Waals surface area contributed by atoms with Crippen LogP contribution >= 0.6 is 0 Å². The van der Waals surface area contributed by atoms with Crippen molar-refractivity contribution in [3.8, 4) is 0 Å². The number of hydrogen-bond donors (Lipinski definition) is 0. The standard InChI is InChI=1S/C23H38O6/c1-4-22(25)29-16-15-28-21-11-7-19(8-12-21)23(2,3)18-5-9-20(10-6-18)27-14-13-26-17-24/h4,17-21H,1,5-16H2,2-3H3. The zero-order chi connectivity index (χ0) is 21.1. The first-order chi connectivity index (χ1) is 14.0. The van der Waals surface area contributed by atoms with E-state index >= 15 is 0 Å². The second-order valence-corrected chi connectivity index (χ2v) is 8.85. The first-order valence-corrected chi connectivity index (χ1v) is 11.0. The van der Waals surface area contributed by atoms with E-state index in [9.17, 15) is 9.59 Å². The lowest BCUT2D eigenvalue weighted by Crippen LogP contribution is -2.39. The Bertz CT molecular complexity index is 501. The lowest BCUT2D eigenvalue weighted by atomic mass is 9.60. The highest BCUT2D eigenvalue weighted by Gasteiger charge is 2.40. The molecule has 0 unspecified atom stereocenters. The molecule has 0 atom stereocenters. The zero-order valence-electron chi connectivity index (χ0n) is 18.1. The smallest absolute Gasteiger partial charge is 0.330 e. The number of hydrogen-bond acceptors (Lipinski definition) is 6. The highest BCUT2D eigenvalue weighted by atomic mass is 16.6. The van der Waals surface area contributed by atoms with Crippen molar-refractivity contribution in [1.29, 1.82) is 0 Å². The van der Waals surface area contributed by atoms with Crippen molar-refractivity contribution in [2.24, 2.45) is 17.3 Å². The minimum Gasteiger partial charge on any atom is -0.465 e. The van der Waals surface area contributed by atoms with Crippen molar-refractivity contribution in [2.45, 2.75) is 77.4 Å². The number of ether oxygens (including phenoxy) is 4. The third-order valence-electron chi connectivity index (χ3n) is 6.92. The van der Waals surface area contributed by atoms with Crippen LogP contribution in [0.15, 0.2) is 12.7 Å². The Morgan fingerprint density at radius 1 is 0.862 bits per heavy atom. The van der Waals surface area contributed by atoms with Crippen LogP contribution in [0, 0.1) is 17.3 Å². The predicted octanol–water partition coefficient (Wildman–Crippen LogP) is 4.07. The van der Waals surface area contributed by atoms with E-state index in [1.807, 2.05) is 0 Å². The van der Waals surface area contributed by atoms with E-state index in [-0.39, 0.29) is 6.10 Å². The van der Waals surface area contributed by atoms with E-state index in [1.165, 1.54) is 31.8 Å². The van der Waals surface area contributed by atoms with E-state index in [1.54, 1.807) is 0 Å². The molecule has 6 nitrogen and oxygen atoms in total. The molecular weight excluding hydrogens is 372 g/mol. The molecule has 0 bridgehead atoms. The lowest BCUT2D eigenvalue weighted by Gasteiger charge is -2.46. The molecule has 29 heavy (non-hydrogen) atoms. The topological polar surface area (TPSA) is 71.1 Å². The van der Waals surface area contributed by atoms with Gasteiger partial charge in [0.05, 0.1) is 25.4 Å². The Hall–Kier alpha value is -1.40. The van der Waals surface area contributed by atoms with Gasteiger partial charge in [-0.3, -0.25) is 4.79 Å². The molecule has 2 fully saturated rings. The molecule has 0 aromatic heterocycles. The van der Waals surface area contributed by atoms with Gasteiger partial charge in [0.15, 0.2) is 0 Å². The summed E-state index contributed by atoms with van der Waals surface area (Å²) in [5.41, 5.74) is 0.329. The largest absolute Gasteiger partial charge is 0.465 e. The molecule has 0 N–H and O–H groups in total. The molecule has 2 aliphatic rings. The molecule has 0 heterocycles. The van der Waals surface area contributed by atoms with Crippen molar-refractivity contribution in [2.75, 3.05) is 26.4 Å². The first kappa shape index (κ1) is 23.9. The Labute approximate surface area is 175 Å². The maximum Gasteiger partial charge on any atom is 0.330 e. The second-order valence-electron chi connectivity index (χ2n) is 8.85. The third kappa shape index (κ3) is 7.74. The number of esters is 1.